The number of rotatable bonds is 4. The predicted molar refractivity (Wildman–Crippen MR) is 59.6 cm³/mol. The van der Waals surface area contributed by atoms with Crippen LogP contribution in [0, 0.1) is 10.1 Å². The lowest BCUT2D eigenvalue weighted by Crippen LogP contribution is -2.31. The molecule has 6 heteroatoms. The van der Waals surface area contributed by atoms with Crippen LogP contribution in [0.4, 0.5) is 5.69 Å². The Balaban J connectivity index is 3.22. The smallest absolute Gasteiger partial charge is 0.270 e. The molecule has 1 aromatic carbocycles. The first-order valence-corrected chi connectivity index (χ1v) is 4.98. The van der Waals surface area contributed by atoms with Crippen LogP contribution in [0.5, 0.6) is 0 Å². The fourth-order valence-electron chi connectivity index (χ4n) is 1.33. The number of nitro groups is 1. The average molecular weight is 246 g/mol. The van der Waals surface area contributed by atoms with Crippen molar-refractivity contribution in [1.29, 1.82) is 0 Å². The third kappa shape index (κ3) is 2.32. The van der Waals surface area contributed by atoms with Crippen LogP contribution in [0.3, 0.4) is 0 Å². The first-order chi connectivity index (χ1) is 7.44. The van der Waals surface area contributed by atoms with E-state index in [1.807, 2.05) is 0 Å². The number of nitrogens with zero attached hydrogens (tertiary/aromatic N) is 1. The van der Waals surface area contributed by atoms with E-state index in [1.54, 1.807) is 6.92 Å². The SMILES string of the molecule is CC(CO)(CO)c1ccc([N+](=O)[O-])cc1Cl. The van der Waals surface area contributed by atoms with Gasteiger partial charge in [-0.15, -0.1) is 0 Å². The summed E-state index contributed by atoms with van der Waals surface area (Å²) in [7, 11) is 0. The summed E-state index contributed by atoms with van der Waals surface area (Å²) in [5.41, 5.74) is -0.525. The van der Waals surface area contributed by atoms with Crippen molar-refractivity contribution >= 4 is 17.3 Å². The van der Waals surface area contributed by atoms with Crippen LogP contribution in [-0.4, -0.2) is 28.4 Å². The molecule has 0 aromatic heterocycles. The molecule has 0 bridgehead atoms. The Morgan fingerprint density at radius 2 is 2.00 bits per heavy atom. The summed E-state index contributed by atoms with van der Waals surface area (Å²) >= 11 is 5.89. The summed E-state index contributed by atoms with van der Waals surface area (Å²) in [4.78, 5) is 9.95. The van der Waals surface area contributed by atoms with E-state index in [2.05, 4.69) is 0 Å². The standard InChI is InChI=1S/C10H12ClNO4/c1-10(5-13,6-14)8-3-2-7(12(15)16)4-9(8)11/h2-4,13-14H,5-6H2,1H3. The lowest BCUT2D eigenvalue weighted by atomic mass is 9.84. The third-order valence-electron chi connectivity index (χ3n) is 2.51. The summed E-state index contributed by atoms with van der Waals surface area (Å²) in [5.74, 6) is 0. The van der Waals surface area contributed by atoms with Gasteiger partial charge in [-0.2, -0.15) is 0 Å². The summed E-state index contributed by atoms with van der Waals surface area (Å²) in [6, 6.07) is 3.96. The first-order valence-electron chi connectivity index (χ1n) is 4.61. The number of non-ortho nitro benzene ring substituents is 1. The molecule has 0 heterocycles. The van der Waals surface area contributed by atoms with E-state index >= 15 is 0 Å². The molecule has 0 saturated carbocycles. The van der Waals surface area contributed by atoms with E-state index in [0.29, 0.717) is 5.56 Å². The molecule has 0 unspecified atom stereocenters. The van der Waals surface area contributed by atoms with Gasteiger partial charge >= 0.3 is 0 Å². The summed E-state index contributed by atoms with van der Waals surface area (Å²) in [6.07, 6.45) is 0. The number of aliphatic hydroxyl groups excluding tert-OH is 2. The van der Waals surface area contributed by atoms with Gasteiger partial charge in [0.2, 0.25) is 0 Å². The van der Waals surface area contributed by atoms with E-state index in [0.717, 1.165) is 0 Å². The van der Waals surface area contributed by atoms with Gasteiger partial charge in [-0.05, 0) is 11.6 Å². The molecule has 2 N–H and O–H groups in total. The van der Waals surface area contributed by atoms with E-state index in [-0.39, 0.29) is 23.9 Å². The molecule has 5 nitrogen and oxygen atoms in total. The average Bonchev–Trinajstić information content (AvgIpc) is 2.27. The zero-order chi connectivity index (χ0) is 12.3. The van der Waals surface area contributed by atoms with Crippen LogP contribution in [0.25, 0.3) is 0 Å². The molecule has 0 spiro atoms. The molecule has 0 amide bonds. The van der Waals surface area contributed by atoms with E-state index in [1.165, 1.54) is 18.2 Å². The maximum absolute atomic E-state index is 10.5. The Labute approximate surface area is 97.4 Å². The molecular formula is C10H12ClNO4. The van der Waals surface area contributed by atoms with Gasteiger partial charge in [-0.3, -0.25) is 10.1 Å². The minimum absolute atomic E-state index is 0.119. The fraction of sp³-hybridized carbons (Fsp3) is 0.400. The van der Waals surface area contributed by atoms with Crippen molar-refractivity contribution in [2.75, 3.05) is 13.2 Å². The lowest BCUT2D eigenvalue weighted by Gasteiger charge is -2.26. The highest BCUT2D eigenvalue weighted by molar-refractivity contribution is 6.31. The Morgan fingerprint density at radius 1 is 1.44 bits per heavy atom. The topological polar surface area (TPSA) is 83.6 Å². The maximum atomic E-state index is 10.5. The van der Waals surface area contributed by atoms with Crippen molar-refractivity contribution in [3.8, 4) is 0 Å². The Morgan fingerprint density at radius 3 is 2.38 bits per heavy atom. The molecule has 0 aliphatic heterocycles. The minimum atomic E-state index is -0.897. The van der Waals surface area contributed by atoms with Gasteiger partial charge < -0.3 is 10.2 Å². The van der Waals surface area contributed by atoms with Gasteiger partial charge in [0.25, 0.3) is 5.69 Å². The Hall–Kier alpha value is -1.17. The van der Waals surface area contributed by atoms with Crippen molar-refractivity contribution in [2.45, 2.75) is 12.3 Å². The molecule has 1 aromatic rings. The number of nitro benzene ring substituents is 1. The second-order valence-corrected chi connectivity index (χ2v) is 4.21. The van der Waals surface area contributed by atoms with Gasteiger partial charge in [0, 0.05) is 17.5 Å². The molecule has 0 fully saturated rings. The van der Waals surface area contributed by atoms with Crippen molar-refractivity contribution in [3.05, 3.63) is 38.9 Å². The van der Waals surface area contributed by atoms with Crippen molar-refractivity contribution in [1.82, 2.24) is 0 Å². The van der Waals surface area contributed by atoms with Crippen LogP contribution >= 0.6 is 11.6 Å². The van der Waals surface area contributed by atoms with E-state index in [4.69, 9.17) is 11.6 Å². The van der Waals surface area contributed by atoms with Crippen LogP contribution in [0.2, 0.25) is 5.02 Å². The van der Waals surface area contributed by atoms with Crippen molar-refractivity contribution in [2.24, 2.45) is 0 Å². The van der Waals surface area contributed by atoms with Crippen molar-refractivity contribution in [3.63, 3.8) is 0 Å². The molecule has 0 radical (unpaired) electrons. The first kappa shape index (κ1) is 12.9. The van der Waals surface area contributed by atoms with Crippen LogP contribution in [-0.2, 0) is 5.41 Å². The second kappa shape index (κ2) is 4.78. The van der Waals surface area contributed by atoms with Gasteiger partial charge in [-0.1, -0.05) is 18.5 Å². The zero-order valence-electron chi connectivity index (χ0n) is 8.68. The van der Waals surface area contributed by atoms with Gasteiger partial charge in [0.15, 0.2) is 0 Å². The summed E-state index contributed by atoms with van der Waals surface area (Å²) < 4.78 is 0. The van der Waals surface area contributed by atoms with Crippen molar-refractivity contribution < 1.29 is 15.1 Å². The second-order valence-electron chi connectivity index (χ2n) is 3.80. The third-order valence-corrected chi connectivity index (χ3v) is 2.82. The van der Waals surface area contributed by atoms with E-state index in [9.17, 15) is 20.3 Å². The number of hydrogen-bond acceptors (Lipinski definition) is 4. The molecular weight excluding hydrogens is 234 g/mol. The van der Waals surface area contributed by atoms with Crippen LogP contribution in [0.15, 0.2) is 18.2 Å². The quantitative estimate of drug-likeness (QED) is 0.622. The number of aliphatic hydroxyl groups is 2. The zero-order valence-corrected chi connectivity index (χ0v) is 9.44. The molecule has 16 heavy (non-hydrogen) atoms. The molecule has 0 aliphatic rings. The van der Waals surface area contributed by atoms with Gasteiger partial charge in [0.1, 0.15) is 0 Å². The highest BCUT2D eigenvalue weighted by Gasteiger charge is 2.28. The molecule has 88 valence electrons. The van der Waals surface area contributed by atoms with E-state index < -0.39 is 10.3 Å². The number of hydrogen-bond donors (Lipinski definition) is 2. The molecule has 0 atom stereocenters. The van der Waals surface area contributed by atoms with Crippen LogP contribution < -0.4 is 0 Å². The highest BCUT2D eigenvalue weighted by Crippen LogP contribution is 2.32. The van der Waals surface area contributed by atoms with Gasteiger partial charge in [0.05, 0.1) is 23.2 Å². The molecule has 1 rings (SSSR count). The predicted octanol–water partition coefficient (Wildman–Crippen LogP) is 1.49. The number of benzene rings is 1. The summed E-state index contributed by atoms with van der Waals surface area (Å²) in [5, 5.41) is 29.0. The monoisotopic (exact) mass is 245 g/mol. The largest absolute Gasteiger partial charge is 0.395 e. The lowest BCUT2D eigenvalue weighted by molar-refractivity contribution is -0.384. The Kier molecular flexibility index (Phi) is 3.85. The fourth-order valence-corrected chi connectivity index (χ4v) is 1.73. The molecule has 0 saturated heterocycles. The summed E-state index contributed by atoms with van der Waals surface area (Å²) in [6.45, 7) is 1.04. The number of halogens is 1. The normalized spacial score (nSPS) is 11.5. The maximum Gasteiger partial charge on any atom is 0.270 e. The van der Waals surface area contributed by atoms with Crippen LogP contribution in [0.1, 0.15) is 12.5 Å². The van der Waals surface area contributed by atoms with Gasteiger partial charge in [-0.25, -0.2) is 0 Å². The minimum Gasteiger partial charge on any atom is -0.395 e. The molecule has 0 aliphatic carbocycles. The Bertz CT molecular complexity index is 404. The highest BCUT2D eigenvalue weighted by atomic mass is 35.5.